The van der Waals surface area contributed by atoms with Crippen molar-refractivity contribution in [2.75, 3.05) is 0 Å². The number of hydrogen-bond acceptors (Lipinski definition) is 3. The first kappa shape index (κ1) is 13.2. The van der Waals surface area contributed by atoms with Gasteiger partial charge in [-0.1, -0.05) is 30.3 Å². The summed E-state index contributed by atoms with van der Waals surface area (Å²) in [6, 6.07) is 15.1. The number of hydrogen-bond donors (Lipinski definition) is 1. The molecule has 1 aromatic carbocycles. The van der Waals surface area contributed by atoms with Crippen LogP contribution in [0.15, 0.2) is 63.6 Å². The van der Waals surface area contributed by atoms with Crippen LogP contribution in [-0.2, 0) is 6.54 Å². The summed E-state index contributed by atoms with van der Waals surface area (Å²) in [5.74, 6) is 1.84. The Labute approximate surface area is 122 Å². The SMILES string of the molecule is Cc1oc(-c2ccccc2)cc1C(=O)NCc1ccco1. The zero-order valence-corrected chi connectivity index (χ0v) is 11.6. The molecule has 4 nitrogen and oxygen atoms in total. The molecule has 0 bridgehead atoms. The molecule has 1 amide bonds. The lowest BCUT2D eigenvalue weighted by molar-refractivity contribution is 0.0946. The van der Waals surface area contributed by atoms with E-state index in [1.165, 1.54) is 0 Å². The van der Waals surface area contributed by atoms with Crippen LogP contribution < -0.4 is 5.32 Å². The van der Waals surface area contributed by atoms with E-state index < -0.39 is 0 Å². The lowest BCUT2D eigenvalue weighted by atomic mass is 10.1. The van der Waals surface area contributed by atoms with E-state index in [1.807, 2.05) is 36.4 Å². The number of nitrogens with one attached hydrogen (secondary N) is 1. The Morgan fingerprint density at radius 3 is 2.67 bits per heavy atom. The molecule has 0 aliphatic carbocycles. The van der Waals surface area contributed by atoms with Crippen LogP contribution >= 0.6 is 0 Å². The summed E-state index contributed by atoms with van der Waals surface area (Å²) >= 11 is 0. The second-order valence-corrected chi connectivity index (χ2v) is 4.71. The Kier molecular flexibility index (Phi) is 3.60. The molecule has 3 rings (SSSR count). The second-order valence-electron chi connectivity index (χ2n) is 4.71. The topological polar surface area (TPSA) is 55.4 Å². The average molecular weight is 281 g/mol. The molecule has 2 heterocycles. The molecule has 4 heteroatoms. The van der Waals surface area contributed by atoms with E-state index in [-0.39, 0.29) is 5.91 Å². The van der Waals surface area contributed by atoms with Gasteiger partial charge in [0.2, 0.25) is 0 Å². The Morgan fingerprint density at radius 2 is 1.95 bits per heavy atom. The molecule has 0 radical (unpaired) electrons. The van der Waals surface area contributed by atoms with Crippen LogP contribution in [0.4, 0.5) is 0 Å². The first-order valence-electron chi connectivity index (χ1n) is 6.70. The Morgan fingerprint density at radius 1 is 1.14 bits per heavy atom. The quantitative estimate of drug-likeness (QED) is 0.791. The number of carbonyl (C=O) groups is 1. The molecule has 0 unspecified atom stereocenters. The summed E-state index contributed by atoms with van der Waals surface area (Å²) in [5, 5.41) is 2.81. The number of furan rings is 2. The van der Waals surface area contributed by atoms with Crippen molar-refractivity contribution in [1.82, 2.24) is 5.32 Å². The molecular weight excluding hydrogens is 266 g/mol. The van der Waals surface area contributed by atoms with Crippen molar-refractivity contribution >= 4 is 5.91 Å². The summed E-state index contributed by atoms with van der Waals surface area (Å²) in [7, 11) is 0. The van der Waals surface area contributed by atoms with Crippen LogP contribution in [0.3, 0.4) is 0 Å². The van der Waals surface area contributed by atoms with E-state index >= 15 is 0 Å². The highest BCUT2D eigenvalue weighted by Gasteiger charge is 2.15. The van der Waals surface area contributed by atoms with Crippen molar-refractivity contribution in [3.05, 3.63) is 71.9 Å². The predicted molar refractivity (Wildman–Crippen MR) is 78.8 cm³/mol. The van der Waals surface area contributed by atoms with E-state index in [4.69, 9.17) is 8.83 Å². The molecule has 0 spiro atoms. The monoisotopic (exact) mass is 281 g/mol. The van der Waals surface area contributed by atoms with Crippen LogP contribution in [-0.4, -0.2) is 5.91 Å². The van der Waals surface area contributed by atoms with Gasteiger partial charge in [-0.25, -0.2) is 0 Å². The van der Waals surface area contributed by atoms with Gasteiger partial charge < -0.3 is 14.2 Å². The summed E-state index contributed by atoms with van der Waals surface area (Å²) < 4.78 is 10.9. The molecule has 0 aliphatic rings. The Bertz CT molecular complexity index is 727. The first-order chi connectivity index (χ1) is 10.2. The number of benzene rings is 1. The highest BCUT2D eigenvalue weighted by molar-refractivity contribution is 5.96. The van der Waals surface area contributed by atoms with Crippen molar-refractivity contribution < 1.29 is 13.6 Å². The molecule has 0 fully saturated rings. The fourth-order valence-corrected chi connectivity index (χ4v) is 2.13. The van der Waals surface area contributed by atoms with Crippen LogP contribution in [0.25, 0.3) is 11.3 Å². The minimum absolute atomic E-state index is 0.171. The van der Waals surface area contributed by atoms with Gasteiger partial charge in [0.1, 0.15) is 17.3 Å². The zero-order valence-electron chi connectivity index (χ0n) is 11.6. The van der Waals surface area contributed by atoms with E-state index in [0.717, 1.165) is 5.56 Å². The van der Waals surface area contributed by atoms with Crippen LogP contribution in [0, 0.1) is 6.92 Å². The van der Waals surface area contributed by atoms with E-state index in [0.29, 0.717) is 29.4 Å². The molecule has 21 heavy (non-hydrogen) atoms. The molecule has 0 saturated heterocycles. The van der Waals surface area contributed by atoms with Crippen molar-refractivity contribution in [2.24, 2.45) is 0 Å². The maximum absolute atomic E-state index is 12.2. The van der Waals surface area contributed by atoms with Gasteiger partial charge in [-0.3, -0.25) is 4.79 Å². The first-order valence-corrected chi connectivity index (χ1v) is 6.70. The molecule has 2 aromatic heterocycles. The third kappa shape index (κ3) is 2.89. The Balaban J connectivity index is 1.76. The van der Waals surface area contributed by atoms with Gasteiger partial charge in [0, 0.05) is 5.56 Å². The lowest BCUT2D eigenvalue weighted by Crippen LogP contribution is -2.22. The van der Waals surface area contributed by atoms with Gasteiger partial charge >= 0.3 is 0 Å². The lowest BCUT2D eigenvalue weighted by Gasteiger charge is -2.01. The molecule has 0 atom stereocenters. The van der Waals surface area contributed by atoms with Crippen molar-refractivity contribution in [3.63, 3.8) is 0 Å². The number of rotatable bonds is 4. The number of amides is 1. The van der Waals surface area contributed by atoms with Gasteiger partial charge in [-0.05, 0) is 25.1 Å². The van der Waals surface area contributed by atoms with E-state index in [2.05, 4.69) is 5.32 Å². The fourth-order valence-electron chi connectivity index (χ4n) is 2.13. The van der Waals surface area contributed by atoms with Crippen LogP contribution in [0.1, 0.15) is 21.9 Å². The Hall–Kier alpha value is -2.75. The highest BCUT2D eigenvalue weighted by Crippen LogP contribution is 2.25. The minimum Gasteiger partial charge on any atom is -0.467 e. The highest BCUT2D eigenvalue weighted by atomic mass is 16.3. The predicted octanol–water partition coefficient (Wildman–Crippen LogP) is 3.78. The summed E-state index contributed by atoms with van der Waals surface area (Å²) in [5.41, 5.74) is 1.49. The van der Waals surface area contributed by atoms with Gasteiger partial charge in [-0.15, -0.1) is 0 Å². The largest absolute Gasteiger partial charge is 0.467 e. The number of aryl methyl sites for hydroxylation is 1. The average Bonchev–Trinajstić information content (AvgIpc) is 3.15. The smallest absolute Gasteiger partial charge is 0.255 e. The fraction of sp³-hybridized carbons (Fsp3) is 0.118. The van der Waals surface area contributed by atoms with Crippen molar-refractivity contribution in [1.29, 1.82) is 0 Å². The third-order valence-corrected chi connectivity index (χ3v) is 3.22. The van der Waals surface area contributed by atoms with Gasteiger partial charge in [0.25, 0.3) is 5.91 Å². The van der Waals surface area contributed by atoms with Crippen molar-refractivity contribution in [3.8, 4) is 11.3 Å². The summed E-state index contributed by atoms with van der Waals surface area (Å²) in [4.78, 5) is 12.2. The summed E-state index contributed by atoms with van der Waals surface area (Å²) in [6.07, 6.45) is 1.58. The maximum atomic E-state index is 12.2. The zero-order chi connectivity index (χ0) is 14.7. The van der Waals surface area contributed by atoms with Crippen molar-refractivity contribution in [2.45, 2.75) is 13.5 Å². The summed E-state index contributed by atoms with van der Waals surface area (Å²) in [6.45, 7) is 2.14. The minimum atomic E-state index is -0.171. The molecule has 0 saturated carbocycles. The van der Waals surface area contributed by atoms with Gasteiger partial charge in [-0.2, -0.15) is 0 Å². The maximum Gasteiger partial charge on any atom is 0.255 e. The van der Waals surface area contributed by atoms with E-state index in [1.54, 1.807) is 25.3 Å². The standard InChI is InChI=1S/C17H15NO3/c1-12-15(17(19)18-11-14-8-5-9-20-14)10-16(21-12)13-6-3-2-4-7-13/h2-10H,11H2,1H3,(H,18,19). The third-order valence-electron chi connectivity index (χ3n) is 3.22. The van der Waals surface area contributed by atoms with Crippen LogP contribution in [0.5, 0.6) is 0 Å². The van der Waals surface area contributed by atoms with E-state index in [9.17, 15) is 4.79 Å². The molecule has 0 aliphatic heterocycles. The van der Waals surface area contributed by atoms with Crippen LogP contribution in [0.2, 0.25) is 0 Å². The van der Waals surface area contributed by atoms with Gasteiger partial charge in [0.05, 0.1) is 18.4 Å². The molecule has 1 N–H and O–H groups in total. The normalized spacial score (nSPS) is 10.5. The molecule has 106 valence electrons. The number of carbonyl (C=O) groups excluding carboxylic acids is 1. The molecule has 3 aromatic rings. The molecular formula is C17H15NO3. The second kappa shape index (κ2) is 5.71. The van der Waals surface area contributed by atoms with Gasteiger partial charge in [0.15, 0.2) is 0 Å².